The molecule has 0 radical (unpaired) electrons. The molecule has 0 amide bonds. The Balaban J connectivity index is 2.44. The van der Waals surface area contributed by atoms with Gasteiger partial charge in [-0.1, -0.05) is 11.6 Å². The average Bonchev–Trinajstić information content (AvgIpc) is 2.43. The van der Waals surface area contributed by atoms with E-state index >= 15 is 0 Å². The minimum absolute atomic E-state index is 0.137. The van der Waals surface area contributed by atoms with E-state index in [0.29, 0.717) is 10.8 Å². The zero-order valence-electron chi connectivity index (χ0n) is 11.9. The van der Waals surface area contributed by atoms with E-state index in [-0.39, 0.29) is 17.1 Å². The van der Waals surface area contributed by atoms with E-state index in [1.54, 1.807) is 12.1 Å². The number of hydrogen-bond donors (Lipinski definition) is 1. The highest BCUT2D eigenvalue weighted by Gasteiger charge is 2.17. The molecule has 21 heavy (non-hydrogen) atoms. The molecule has 1 aromatic carbocycles. The van der Waals surface area contributed by atoms with Gasteiger partial charge in [-0.15, -0.1) is 0 Å². The van der Waals surface area contributed by atoms with E-state index in [2.05, 4.69) is 9.72 Å². The summed E-state index contributed by atoms with van der Waals surface area (Å²) in [5.41, 5.74) is 7.98. The van der Waals surface area contributed by atoms with Crippen molar-refractivity contribution in [3.05, 3.63) is 46.1 Å². The number of nitrogen functional groups attached to an aromatic ring is 1. The highest BCUT2D eigenvalue weighted by Crippen LogP contribution is 2.33. The number of halogens is 1. The van der Waals surface area contributed by atoms with Crippen molar-refractivity contribution in [2.45, 2.75) is 13.8 Å². The normalized spacial score (nSPS) is 10.3. The molecule has 2 aromatic rings. The SMILES string of the molecule is COC(=O)c1ccnc(Oc2c(C)cc(Cl)cc2C)c1N. The lowest BCUT2D eigenvalue weighted by atomic mass is 10.1. The van der Waals surface area contributed by atoms with Gasteiger partial charge in [0.1, 0.15) is 11.4 Å². The largest absolute Gasteiger partial charge is 0.465 e. The molecule has 0 fully saturated rings. The molecule has 1 heterocycles. The summed E-state index contributed by atoms with van der Waals surface area (Å²) in [5.74, 6) is 0.233. The van der Waals surface area contributed by atoms with Gasteiger partial charge in [0.15, 0.2) is 0 Å². The molecular formula is C15H15ClN2O3. The Hall–Kier alpha value is -2.27. The number of nitrogens with two attached hydrogens (primary N) is 1. The Bertz CT molecular complexity index is 678. The first-order chi connectivity index (χ1) is 9.93. The van der Waals surface area contributed by atoms with Crippen molar-refractivity contribution in [2.24, 2.45) is 0 Å². The maximum absolute atomic E-state index is 11.6. The molecular weight excluding hydrogens is 292 g/mol. The van der Waals surface area contributed by atoms with Crippen LogP contribution in [-0.4, -0.2) is 18.1 Å². The maximum atomic E-state index is 11.6. The van der Waals surface area contributed by atoms with E-state index in [0.717, 1.165) is 11.1 Å². The molecule has 0 spiro atoms. The standard InChI is InChI=1S/C15H15ClN2O3/c1-8-6-10(16)7-9(2)13(8)21-14-12(17)11(4-5-18-14)15(19)20-3/h4-7H,17H2,1-3H3. The number of aromatic nitrogens is 1. The van der Waals surface area contributed by atoms with Crippen LogP contribution in [0.15, 0.2) is 24.4 Å². The van der Waals surface area contributed by atoms with Crippen LogP contribution in [0.1, 0.15) is 21.5 Å². The van der Waals surface area contributed by atoms with Crippen molar-refractivity contribution in [2.75, 3.05) is 12.8 Å². The summed E-state index contributed by atoms with van der Waals surface area (Å²) in [4.78, 5) is 15.7. The minimum Gasteiger partial charge on any atom is -0.465 e. The summed E-state index contributed by atoms with van der Waals surface area (Å²) >= 11 is 5.99. The van der Waals surface area contributed by atoms with Crippen molar-refractivity contribution in [3.63, 3.8) is 0 Å². The average molecular weight is 307 g/mol. The number of aryl methyl sites for hydroxylation is 2. The molecule has 2 N–H and O–H groups in total. The molecule has 0 aliphatic rings. The van der Waals surface area contributed by atoms with Gasteiger partial charge in [0.05, 0.1) is 12.7 Å². The number of benzene rings is 1. The third-order valence-electron chi connectivity index (χ3n) is 2.98. The lowest BCUT2D eigenvalue weighted by molar-refractivity contribution is 0.0601. The molecule has 0 saturated heterocycles. The third kappa shape index (κ3) is 3.08. The lowest BCUT2D eigenvalue weighted by Crippen LogP contribution is -2.08. The van der Waals surface area contributed by atoms with Crippen LogP contribution in [0.4, 0.5) is 5.69 Å². The van der Waals surface area contributed by atoms with Crippen molar-refractivity contribution < 1.29 is 14.3 Å². The van der Waals surface area contributed by atoms with Gasteiger partial charge >= 0.3 is 5.97 Å². The fourth-order valence-electron chi connectivity index (χ4n) is 1.98. The first-order valence-electron chi connectivity index (χ1n) is 6.21. The molecule has 110 valence electrons. The summed E-state index contributed by atoms with van der Waals surface area (Å²) < 4.78 is 10.4. The van der Waals surface area contributed by atoms with Gasteiger partial charge in [-0.25, -0.2) is 9.78 Å². The first-order valence-corrected chi connectivity index (χ1v) is 6.59. The number of nitrogens with zero attached hydrogens (tertiary/aromatic N) is 1. The van der Waals surface area contributed by atoms with Gasteiger partial charge < -0.3 is 15.2 Å². The van der Waals surface area contributed by atoms with E-state index in [1.807, 2.05) is 13.8 Å². The quantitative estimate of drug-likeness (QED) is 0.878. The Morgan fingerprint density at radius 2 is 1.90 bits per heavy atom. The number of hydrogen-bond acceptors (Lipinski definition) is 5. The monoisotopic (exact) mass is 306 g/mol. The second-order valence-corrected chi connectivity index (χ2v) is 4.98. The van der Waals surface area contributed by atoms with E-state index in [9.17, 15) is 4.79 Å². The number of ether oxygens (including phenoxy) is 2. The van der Waals surface area contributed by atoms with Crippen LogP contribution in [0.25, 0.3) is 0 Å². The maximum Gasteiger partial charge on any atom is 0.340 e. The zero-order valence-corrected chi connectivity index (χ0v) is 12.7. The van der Waals surface area contributed by atoms with Crippen LogP contribution in [0.3, 0.4) is 0 Å². The summed E-state index contributed by atoms with van der Waals surface area (Å²) in [7, 11) is 1.29. The first kappa shape index (κ1) is 15.1. The van der Waals surface area contributed by atoms with Crippen LogP contribution in [-0.2, 0) is 4.74 Å². The number of rotatable bonds is 3. The van der Waals surface area contributed by atoms with Gasteiger partial charge in [-0.05, 0) is 43.2 Å². The highest BCUT2D eigenvalue weighted by atomic mass is 35.5. The van der Waals surface area contributed by atoms with Crippen molar-refractivity contribution in [3.8, 4) is 11.6 Å². The van der Waals surface area contributed by atoms with Gasteiger partial charge in [0, 0.05) is 11.2 Å². The summed E-state index contributed by atoms with van der Waals surface area (Å²) in [5, 5.41) is 0.626. The van der Waals surface area contributed by atoms with Crippen LogP contribution in [0.2, 0.25) is 5.02 Å². The number of carbonyl (C=O) groups excluding carboxylic acids is 1. The van der Waals surface area contributed by atoms with Crippen LogP contribution in [0.5, 0.6) is 11.6 Å². The Labute approximate surface area is 127 Å². The van der Waals surface area contributed by atoms with Gasteiger partial charge in [0.25, 0.3) is 0 Å². The van der Waals surface area contributed by atoms with Crippen LogP contribution in [0, 0.1) is 13.8 Å². The summed E-state index contributed by atoms with van der Waals surface area (Å²) in [6, 6.07) is 5.05. The second kappa shape index (κ2) is 6.01. The van der Waals surface area contributed by atoms with Crippen molar-refractivity contribution >= 4 is 23.3 Å². The molecule has 0 aliphatic heterocycles. The third-order valence-corrected chi connectivity index (χ3v) is 3.20. The molecule has 5 nitrogen and oxygen atoms in total. The topological polar surface area (TPSA) is 74.4 Å². The Morgan fingerprint density at radius 1 is 1.29 bits per heavy atom. The minimum atomic E-state index is -0.538. The number of methoxy groups -OCH3 is 1. The molecule has 6 heteroatoms. The van der Waals surface area contributed by atoms with Gasteiger partial charge in [-0.3, -0.25) is 0 Å². The molecule has 0 unspecified atom stereocenters. The fourth-order valence-corrected chi connectivity index (χ4v) is 2.31. The summed E-state index contributed by atoms with van der Waals surface area (Å²) in [6.07, 6.45) is 1.44. The fraction of sp³-hybridized carbons (Fsp3) is 0.200. The zero-order chi connectivity index (χ0) is 15.6. The number of anilines is 1. The van der Waals surface area contributed by atoms with Gasteiger partial charge in [0.2, 0.25) is 5.88 Å². The predicted octanol–water partition coefficient (Wildman–Crippen LogP) is 3.51. The smallest absolute Gasteiger partial charge is 0.340 e. The molecule has 1 aromatic heterocycles. The Morgan fingerprint density at radius 3 is 2.48 bits per heavy atom. The summed E-state index contributed by atoms with van der Waals surface area (Å²) in [6.45, 7) is 3.74. The van der Waals surface area contributed by atoms with E-state index in [4.69, 9.17) is 22.1 Å². The molecule has 0 atom stereocenters. The molecule has 0 aliphatic carbocycles. The van der Waals surface area contributed by atoms with Crippen LogP contribution < -0.4 is 10.5 Å². The predicted molar refractivity (Wildman–Crippen MR) is 81.0 cm³/mol. The number of esters is 1. The number of carbonyl (C=O) groups is 1. The molecule has 0 bridgehead atoms. The number of pyridine rings is 1. The van der Waals surface area contributed by atoms with Gasteiger partial charge in [-0.2, -0.15) is 0 Å². The van der Waals surface area contributed by atoms with Crippen LogP contribution >= 0.6 is 11.6 Å². The van der Waals surface area contributed by atoms with Crippen molar-refractivity contribution in [1.29, 1.82) is 0 Å². The van der Waals surface area contributed by atoms with Crippen molar-refractivity contribution in [1.82, 2.24) is 4.98 Å². The van der Waals surface area contributed by atoms with E-state index in [1.165, 1.54) is 19.4 Å². The second-order valence-electron chi connectivity index (χ2n) is 4.54. The molecule has 2 rings (SSSR count). The lowest BCUT2D eigenvalue weighted by Gasteiger charge is -2.14. The van der Waals surface area contributed by atoms with E-state index < -0.39 is 5.97 Å². The molecule has 0 saturated carbocycles. The Kier molecular flexibility index (Phi) is 4.33. The highest BCUT2D eigenvalue weighted by molar-refractivity contribution is 6.30.